The van der Waals surface area contributed by atoms with Gasteiger partial charge in [-0.05, 0) is 99.2 Å². The number of ether oxygens (including phenoxy) is 3. The summed E-state index contributed by atoms with van der Waals surface area (Å²) in [7, 11) is 0. The highest BCUT2D eigenvalue weighted by Crippen LogP contribution is 2.51. The van der Waals surface area contributed by atoms with Crippen molar-refractivity contribution in [2.45, 2.75) is 122 Å². The van der Waals surface area contributed by atoms with Gasteiger partial charge >= 0.3 is 5.97 Å². The van der Waals surface area contributed by atoms with Crippen molar-refractivity contribution in [3.8, 4) is 17.2 Å². The first kappa shape index (κ1) is 37.3. The molecule has 4 rings (SSSR count). The molecule has 261 valence electrons. The van der Waals surface area contributed by atoms with Crippen LogP contribution in [-0.2, 0) is 16.3 Å². The molecule has 0 saturated carbocycles. The number of hydroxylamine groups is 2. The van der Waals surface area contributed by atoms with E-state index in [-0.39, 0.29) is 11.1 Å². The van der Waals surface area contributed by atoms with E-state index in [1.807, 2.05) is 31.2 Å². The highest BCUT2D eigenvalue weighted by Gasteiger charge is 2.53. The highest BCUT2D eigenvalue weighted by atomic mass is 19.1. The second kappa shape index (κ2) is 17.8. The Hall–Kier alpha value is -3.49. The van der Waals surface area contributed by atoms with Crippen LogP contribution in [-0.4, -0.2) is 24.2 Å². The molecule has 48 heavy (non-hydrogen) atoms. The number of carbonyl (C=O) groups excluding carboxylic acids is 1. The largest absolute Gasteiger partial charge is 0.494 e. The van der Waals surface area contributed by atoms with E-state index in [0.717, 1.165) is 54.2 Å². The average molecular weight is 665 g/mol. The number of hydrogen-bond donors (Lipinski definition) is 0. The minimum absolute atomic E-state index is 0.135. The number of rotatable bonds is 19. The van der Waals surface area contributed by atoms with Gasteiger partial charge in [0.25, 0.3) is 0 Å². The summed E-state index contributed by atoms with van der Waals surface area (Å²) < 4.78 is 47.5. The minimum atomic E-state index is -1.20. The first-order valence-corrected chi connectivity index (χ1v) is 17.8. The van der Waals surface area contributed by atoms with Crippen molar-refractivity contribution in [3.05, 3.63) is 89.0 Å². The molecule has 0 aromatic heterocycles. The molecule has 1 fully saturated rings. The molecule has 0 unspecified atom stereocenters. The maximum absolute atomic E-state index is 15.3. The normalized spacial score (nSPS) is 19.4. The molecule has 1 saturated heterocycles. The molecule has 1 aliphatic rings. The Morgan fingerprint density at radius 1 is 0.667 bits per heavy atom. The van der Waals surface area contributed by atoms with Gasteiger partial charge in [0.15, 0.2) is 11.6 Å². The van der Waals surface area contributed by atoms with Crippen LogP contribution >= 0.6 is 0 Å². The Labute approximate surface area is 285 Å². The average Bonchev–Trinajstić information content (AvgIpc) is 3.33. The predicted octanol–water partition coefficient (Wildman–Crippen LogP) is 10.8. The van der Waals surface area contributed by atoms with Crippen molar-refractivity contribution in [1.29, 1.82) is 0 Å². The molecule has 6 nitrogen and oxygen atoms in total. The molecule has 1 heterocycles. The lowest BCUT2D eigenvalue weighted by Gasteiger charge is -2.37. The third-order valence-corrected chi connectivity index (χ3v) is 9.66. The van der Waals surface area contributed by atoms with Crippen LogP contribution in [0.4, 0.5) is 8.78 Å². The number of halogens is 2. The molecule has 0 amide bonds. The van der Waals surface area contributed by atoms with Crippen molar-refractivity contribution in [2.75, 3.05) is 13.2 Å². The summed E-state index contributed by atoms with van der Waals surface area (Å²) >= 11 is 0. The van der Waals surface area contributed by atoms with Crippen LogP contribution in [0.25, 0.3) is 0 Å². The van der Waals surface area contributed by atoms with E-state index in [1.54, 1.807) is 19.1 Å². The summed E-state index contributed by atoms with van der Waals surface area (Å²) in [5, 5.41) is 14.9. The first-order chi connectivity index (χ1) is 23.1. The van der Waals surface area contributed by atoms with Crippen molar-refractivity contribution in [1.82, 2.24) is 5.06 Å². The Morgan fingerprint density at radius 3 is 1.60 bits per heavy atom. The fraction of sp³-hybridized carbons (Fsp3) is 0.525. The summed E-state index contributed by atoms with van der Waals surface area (Å²) in [6, 6.07) is 16.0. The van der Waals surface area contributed by atoms with E-state index in [4.69, 9.17) is 14.2 Å². The van der Waals surface area contributed by atoms with E-state index in [1.165, 1.54) is 57.1 Å². The highest BCUT2D eigenvalue weighted by molar-refractivity contribution is 5.91. The molecular formula is C40H52F2NO5. The van der Waals surface area contributed by atoms with Gasteiger partial charge in [-0.1, -0.05) is 83.8 Å². The SMILES string of the molecule is CCCCCCCCOc1ccc([C@]2(C)CC[C@](C)(c3cc(F)c(OC(=O)c4ccc(OCCCCCCC)cc4)c(F)c3)N2[O])cc1. The van der Waals surface area contributed by atoms with Crippen LogP contribution in [0.2, 0.25) is 0 Å². The molecule has 3 aromatic rings. The third kappa shape index (κ3) is 9.35. The number of carbonyl (C=O) groups is 1. The Bertz CT molecular complexity index is 1420. The lowest BCUT2D eigenvalue weighted by atomic mass is 9.89. The van der Waals surface area contributed by atoms with Crippen molar-refractivity contribution in [2.24, 2.45) is 0 Å². The lowest BCUT2D eigenvalue weighted by Crippen LogP contribution is -2.44. The van der Waals surface area contributed by atoms with Crippen molar-refractivity contribution in [3.63, 3.8) is 0 Å². The van der Waals surface area contributed by atoms with Crippen molar-refractivity contribution >= 4 is 5.97 Å². The van der Waals surface area contributed by atoms with Gasteiger partial charge in [0.1, 0.15) is 11.5 Å². The van der Waals surface area contributed by atoms with Gasteiger partial charge < -0.3 is 14.2 Å². The van der Waals surface area contributed by atoms with E-state index in [0.29, 0.717) is 31.8 Å². The number of hydrogen-bond acceptors (Lipinski definition) is 5. The van der Waals surface area contributed by atoms with Gasteiger partial charge in [0, 0.05) is 0 Å². The summed E-state index contributed by atoms with van der Waals surface area (Å²) in [6.07, 6.45) is 13.6. The molecule has 0 N–H and O–H groups in total. The Balaban J connectivity index is 1.35. The van der Waals surface area contributed by atoms with E-state index in [9.17, 15) is 10.0 Å². The van der Waals surface area contributed by atoms with Gasteiger partial charge in [-0.15, -0.1) is 10.3 Å². The zero-order chi connectivity index (χ0) is 34.6. The summed E-state index contributed by atoms with van der Waals surface area (Å²) in [4.78, 5) is 12.8. The summed E-state index contributed by atoms with van der Waals surface area (Å²) in [6.45, 7) is 9.15. The van der Waals surface area contributed by atoms with Gasteiger partial charge in [-0.2, -0.15) is 0 Å². The maximum atomic E-state index is 15.3. The second-order valence-electron chi connectivity index (χ2n) is 13.4. The molecule has 1 radical (unpaired) electrons. The fourth-order valence-corrected chi connectivity index (χ4v) is 6.44. The van der Waals surface area contributed by atoms with Crippen LogP contribution in [0.3, 0.4) is 0 Å². The van der Waals surface area contributed by atoms with Gasteiger partial charge in [-0.25, -0.2) is 13.6 Å². The first-order valence-electron chi connectivity index (χ1n) is 17.8. The van der Waals surface area contributed by atoms with Crippen LogP contribution in [0.5, 0.6) is 17.2 Å². The van der Waals surface area contributed by atoms with Crippen LogP contribution < -0.4 is 14.2 Å². The van der Waals surface area contributed by atoms with E-state index in [2.05, 4.69) is 13.8 Å². The molecule has 0 spiro atoms. The van der Waals surface area contributed by atoms with Crippen LogP contribution in [0.1, 0.15) is 133 Å². The standard InChI is InChI=1S/C40H52F2NO5/c1-5-7-9-11-13-15-27-47-34-22-18-31(19-23-34)39(3)24-25-40(4,43(39)45)32-28-35(41)37(36(42)29-32)48-38(44)30-16-20-33(21-17-30)46-26-14-12-10-8-6-2/h16-23,28-29H,5-15,24-27H2,1-4H3/t39-,40+/m0/s1. The topological polar surface area (TPSA) is 67.9 Å². The molecule has 1 aliphatic heterocycles. The molecule has 0 aliphatic carbocycles. The van der Waals surface area contributed by atoms with Crippen molar-refractivity contribution < 1.29 is 33.0 Å². The fourth-order valence-electron chi connectivity index (χ4n) is 6.44. The quantitative estimate of drug-likeness (QED) is 0.0725. The van der Waals surface area contributed by atoms with E-state index < -0.39 is 34.4 Å². The van der Waals surface area contributed by atoms with Gasteiger partial charge in [0.2, 0.25) is 5.75 Å². The monoisotopic (exact) mass is 664 g/mol. The molecule has 8 heteroatoms. The van der Waals surface area contributed by atoms with Crippen LogP contribution in [0, 0.1) is 11.6 Å². The summed E-state index contributed by atoms with van der Waals surface area (Å²) in [5.74, 6) is -2.42. The molecule has 0 bridgehead atoms. The van der Waals surface area contributed by atoms with Gasteiger partial charge in [-0.3, -0.25) is 0 Å². The molecule has 3 aromatic carbocycles. The Morgan fingerprint density at radius 2 is 1.10 bits per heavy atom. The number of esters is 1. The number of nitrogens with zero attached hydrogens (tertiary/aromatic N) is 1. The zero-order valence-electron chi connectivity index (χ0n) is 29.1. The minimum Gasteiger partial charge on any atom is -0.494 e. The predicted molar refractivity (Wildman–Crippen MR) is 184 cm³/mol. The number of benzene rings is 3. The maximum Gasteiger partial charge on any atom is 0.343 e. The second-order valence-corrected chi connectivity index (χ2v) is 13.4. The summed E-state index contributed by atoms with van der Waals surface area (Å²) in [5.41, 5.74) is -0.974. The smallest absolute Gasteiger partial charge is 0.343 e. The van der Waals surface area contributed by atoms with Gasteiger partial charge in [0.05, 0.1) is 29.9 Å². The van der Waals surface area contributed by atoms with Crippen LogP contribution in [0.15, 0.2) is 60.7 Å². The third-order valence-electron chi connectivity index (χ3n) is 9.66. The lowest BCUT2D eigenvalue weighted by molar-refractivity contribution is -0.260. The number of unbranched alkanes of at least 4 members (excludes halogenated alkanes) is 9. The molecular weight excluding hydrogens is 612 g/mol. The van der Waals surface area contributed by atoms with E-state index >= 15 is 8.78 Å². The molecule has 2 atom stereocenters. The Kier molecular flexibility index (Phi) is 13.8. The zero-order valence-corrected chi connectivity index (χ0v) is 29.1.